The van der Waals surface area contributed by atoms with E-state index < -0.39 is 5.97 Å². The first-order chi connectivity index (χ1) is 14.9. The Labute approximate surface area is 184 Å². The summed E-state index contributed by atoms with van der Waals surface area (Å²) < 4.78 is 7.78. The molecule has 0 saturated carbocycles. The highest BCUT2D eigenvalue weighted by Gasteiger charge is 2.18. The van der Waals surface area contributed by atoms with Crippen LogP contribution in [0.4, 0.5) is 5.69 Å². The van der Waals surface area contributed by atoms with Crippen LogP contribution in [0.1, 0.15) is 41.7 Å². The summed E-state index contributed by atoms with van der Waals surface area (Å²) in [7, 11) is 1.83. The minimum Gasteiger partial charge on any atom is -0.483 e. The summed E-state index contributed by atoms with van der Waals surface area (Å²) in [5, 5.41) is 20.6. The van der Waals surface area contributed by atoms with Crippen LogP contribution >= 0.6 is 11.8 Å². The zero-order valence-corrected chi connectivity index (χ0v) is 18.3. The molecular formula is C22H24N4O4S. The van der Waals surface area contributed by atoms with E-state index in [2.05, 4.69) is 22.4 Å². The number of ether oxygens (including phenoxy) is 1. The first kappa shape index (κ1) is 22.4. The van der Waals surface area contributed by atoms with E-state index in [0.717, 1.165) is 12.2 Å². The number of hydrogen-bond donors (Lipinski definition) is 2. The monoisotopic (exact) mass is 440 g/mol. The normalized spacial score (nSPS) is 11.7. The van der Waals surface area contributed by atoms with Gasteiger partial charge in [0, 0.05) is 12.7 Å². The van der Waals surface area contributed by atoms with Crippen LogP contribution in [0, 0.1) is 0 Å². The van der Waals surface area contributed by atoms with Gasteiger partial charge in [-0.3, -0.25) is 4.79 Å². The molecule has 0 unspecified atom stereocenters. The third-order valence-corrected chi connectivity index (χ3v) is 5.64. The van der Waals surface area contributed by atoms with Crippen LogP contribution in [-0.4, -0.2) is 37.5 Å². The van der Waals surface area contributed by atoms with Gasteiger partial charge in [0.2, 0.25) is 5.91 Å². The summed E-state index contributed by atoms with van der Waals surface area (Å²) in [5.41, 5.74) is 1.94. The average Bonchev–Trinajstić information content (AvgIpc) is 3.13. The van der Waals surface area contributed by atoms with Crippen molar-refractivity contribution in [1.29, 1.82) is 0 Å². The SMILES string of the molecule is CCc1ccc(O[C@H](C)c2nnc(SCC(=O)Nc3ccc(C(=O)O)cc3)n2C)cc1. The number of thioether (sulfide) groups is 1. The van der Waals surface area contributed by atoms with E-state index >= 15 is 0 Å². The summed E-state index contributed by atoms with van der Waals surface area (Å²) in [6.07, 6.45) is 0.668. The number of nitrogens with zero attached hydrogens (tertiary/aromatic N) is 3. The number of carboxylic acids is 1. The molecular weight excluding hydrogens is 416 g/mol. The molecule has 8 nitrogen and oxygen atoms in total. The minimum absolute atomic E-state index is 0.139. The molecule has 9 heteroatoms. The molecule has 2 aromatic carbocycles. The number of amides is 1. The van der Waals surface area contributed by atoms with Crippen molar-refractivity contribution < 1.29 is 19.4 Å². The molecule has 2 N–H and O–H groups in total. The lowest BCUT2D eigenvalue weighted by Crippen LogP contribution is -2.15. The molecule has 0 radical (unpaired) electrons. The fourth-order valence-electron chi connectivity index (χ4n) is 2.89. The molecule has 0 spiro atoms. The fraction of sp³-hybridized carbons (Fsp3) is 0.273. The number of hydrogen-bond acceptors (Lipinski definition) is 6. The number of benzene rings is 2. The number of rotatable bonds is 9. The van der Waals surface area contributed by atoms with Crippen molar-refractivity contribution in [1.82, 2.24) is 14.8 Å². The van der Waals surface area contributed by atoms with Crippen LogP contribution in [0.2, 0.25) is 0 Å². The minimum atomic E-state index is -1.01. The topological polar surface area (TPSA) is 106 Å². The molecule has 1 aromatic heterocycles. The molecule has 0 fully saturated rings. The predicted octanol–water partition coefficient (Wildman–Crippen LogP) is 3.95. The van der Waals surface area contributed by atoms with E-state index in [1.807, 2.05) is 42.8 Å². The first-order valence-corrected chi connectivity index (χ1v) is 10.8. The zero-order chi connectivity index (χ0) is 22.4. The largest absolute Gasteiger partial charge is 0.483 e. The van der Waals surface area contributed by atoms with Gasteiger partial charge in [-0.25, -0.2) is 4.79 Å². The highest BCUT2D eigenvalue weighted by atomic mass is 32.2. The van der Waals surface area contributed by atoms with Gasteiger partial charge in [0.05, 0.1) is 11.3 Å². The summed E-state index contributed by atoms with van der Waals surface area (Å²) in [5.74, 6) is 0.322. The van der Waals surface area contributed by atoms with Gasteiger partial charge in [-0.2, -0.15) is 0 Å². The Kier molecular flexibility index (Phi) is 7.30. The van der Waals surface area contributed by atoms with Gasteiger partial charge < -0.3 is 19.7 Å². The lowest BCUT2D eigenvalue weighted by molar-refractivity contribution is -0.113. The van der Waals surface area contributed by atoms with Gasteiger partial charge in [-0.15, -0.1) is 10.2 Å². The maximum Gasteiger partial charge on any atom is 0.335 e. The van der Waals surface area contributed by atoms with Gasteiger partial charge in [-0.1, -0.05) is 30.8 Å². The van der Waals surface area contributed by atoms with Crippen molar-refractivity contribution in [2.24, 2.45) is 7.05 Å². The molecule has 0 saturated heterocycles. The van der Waals surface area contributed by atoms with Crippen LogP contribution in [0.5, 0.6) is 5.75 Å². The molecule has 0 aliphatic heterocycles. The highest BCUT2D eigenvalue weighted by molar-refractivity contribution is 7.99. The van der Waals surface area contributed by atoms with Crippen molar-refractivity contribution in [3.8, 4) is 5.75 Å². The van der Waals surface area contributed by atoms with E-state index in [1.165, 1.54) is 29.5 Å². The number of aromatic carboxylic acids is 1. The Morgan fingerprint density at radius 3 is 2.42 bits per heavy atom. The maximum atomic E-state index is 12.2. The second-order valence-corrected chi connectivity index (χ2v) is 7.82. The summed E-state index contributed by atoms with van der Waals surface area (Å²) >= 11 is 1.26. The molecule has 0 bridgehead atoms. The smallest absolute Gasteiger partial charge is 0.335 e. The third kappa shape index (κ3) is 5.85. The van der Waals surface area contributed by atoms with Gasteiger partial charge in [0.25, 0.3) is 0 Å². The number of aromatic nitrogens is 3. The second-order valence-electron chi connectivity index (χ2n) is 6.88. The van der Waals surface area contributed by atoms with Crippen molar-refractivity contribution in [3.05, 3.63) is 65.5 Å². The average molecular weight is 441 g/mol. The van der Waals surface area contributed by atoms with E-state index in [-0.39, 0.29) is 23.3 Å². The molecule has 1 heterocycles. The molecule has 162 valence electrons. The van der Waals surface area contributed by atoms with E-state index in [0.29, 0.717) is 16.7 Å². The van der Waals surface area contributed by atoms with Gasteiger partial charge in [-0.05, 0) is 55.3 Å². The standard InChI is InChI=1S/C22H24N4O4S/c1-4-15-5-11-18(12-6-15)30-14(2)20-24-25-22(26(20)3)31-13-19(27)23-17-9-7-16(8-10-17)21(28)29/h5-12,14H,4,13H2,1-3H3,(H,23,27)(H,28,29)/t14-/m1/s1. The van der Waals surface area contributed by atoms with Crippen LogP contribution < -0.4 is 10.1 Å². The molecule has 3 rings (SSSR count). The molecule has 3 aromatic rings. The fourth-order valence-corrected chi connectivity index (χ4v) is 3.61. The van der Waals surface area contributed by atoms with Crippen molar-refractivity contribution >= 4 is 29.3 Å². The zero-order valence-electron chi connectivity index (χ0n) is 17.5. The molecule has 31 heavy (non-hydrogen) atoms. The summed E-state index contributed by atoms with van der Waals surface area (Å²) in [6.45, 7) is 4.01. The predicted molar refractivity (Wildman–Crippen MR) is 119 cm³/mol. The van der Waals surface area contributed by atoms with Crippen LogP contribution in [0.25, 0.3) is 0 Å². The lowest BCUT2D eigenvalue weighted by Gasteiger charge is -2.14. The molecule has 1 atom stereocenters. The Balaban J connectivity index is 1.55. The van der Waals surface area contributed by atoms with Crippen LogP contribution in [0.15, 0.2) is 53.7 Å². The number of nitrogens with one attached hydrogen (secondary N) is 1. The Hall–Kier alpha value is -3.33. The van der Waals surface area contributed by atoms with E-state index in [4.69, 9.17) is 9.84 Å². The van der Waals surface area contributed by atoms with Gasteiger partial charge in [0.1, 0.15) is 5.75 Å². The summed E-state index contributed by atoms with van der Waals surface area (Å²) in [6, 6.07) is 13.9. The van der Waals surface area contributed by atoms with Crippen LogP contribution in [-0.2, 0) is 18.3 Å². The Bertz CT molecular complexity index is 1050. The number of aryl methyl sites for hydroxylation is 1. The van der Waals surface area contributed by atoms with E-state index in [9.17, 15) is 9.59 Å². The molecule has 1 amide bonds. The van der Waals surface area contributed by atoms with Gasteiger partial charge >= 0.3 is 5.97 Å². The number of anilines is 1. The second kappa shape index (κ2) is 10.1. The number of carbonyl (C=O) groups excluding carboxylic acids is 1. The quantitative estimate of drug-likeness (QED) is 0.485. The van der Waals surface area contributed by atoms with E-state index in [1.54, 1.807) is 12.1 Å². The number of carbonyl (C=O) groups is 2. The van der Waals surface area contributed by atoms with Crippen molar-refractivity contribution in [2.75, 3.05) is 11.1 Å². The maximum absolute atomic E-state index is 12.2. The van der Waals surface area contributed by atoms with Crippen LogP contribution in [0.3, 0.4) is 0 Å². The summed E-state index contributed by atoms with van der Waals surface area (Å²) in [4.78, 5) is 23.1. The molecule has 0 aliphatic carbocycles. The van der Waals surface area contributed by atoms with Crippen molar-refractivity contribution in [3.63, 3.8) is 0 Å². The number of carboxylic acid groups (broad SMARTS) is 1. The third-order valence-electron chi connectivity index (χ3n) is 4.62. The Morgan fingerprint density at radius 1 is 1.13 bits per heavy atom. The van der Waals surface area contributed by atoms with Gasteiger partial charge in [0.15, 0.2) is 17.1 Å². The van der Waals surface area contributed by atoms with Crippen molar-refractivity contribution in [2.45, 2.75) is 31.5 Å². The first-order valence-electron chi connectivity index (χ1n) is 9.78. The lowest BCUT2D eigenvalue weighted by atomic mass is 10.2. The highest BCUT2D eigenvalue weighted by Crippen LogP contribution is 2.24. The Morgan fingerprint density at radius 2 is 1.81 bits per heavy atom. The molecule has 0 aliphatic rings.